The van der Waals surface area contributed by atoms with Crippen molar-refractivity contribution in [2.75, 3.05) is 19.5 Å². The summed E-state index contributed by atoms with van der Waals surface area (Å²) in [5, 5.41) is 16.2. The number of nitrogens with zero attached hydrogens (tertiary/aromatic N) is 3. The van der Waals surface area contributed by atoms with Crippen LogP contribution in [0.25, 0.3) is 11.3 Å². The van der Waals surface area contributed by atoms with Gasteiger partial charge in [0.2, 0.25) is 0 Å². The first-order valence-corrected chi connectivity index (χ1v) is 8.69. The number of hydrogen-bond donors (Lipinski definition) is 1. The van der Waals surface area contributed by atoms with Crippen LogP contribution < -0.4 is 14.8 Å². The minimum atomic E-state index is -0.279. The van der Waals surface area contributed by atoms with E-state index in [-0.39, 0.29) is 5.91 Å². The molecule has 28 heavy (non-hydrogen) atoms. The lowest BCUT2D eigenvalue weighted by Gasteiger charge is -2.07. The van der Waals surface area contributed by atoms with Crippen molar-refractivity contribution in [1.29, 1.82) is 5.26 Å². The molecule has 0 saturated carbocycles. The number of carbonyl (C=O) groups excluding carboxylic acids is 1. The largest absolute Gasteiger partial charge is 0.497 e. The number of benzene rings is 2. The van der Waals surface area contributed by atoms with Gasteiger partial charge in [0, 0.05) is 17.4 Å². The molecule has 0 aliphatic rings. The Labute approximate surface area is 163 Å². The summed E-state index contributed by atoms with van der Waals surface area (Å²) in [6.07, 6.45) is 1.97. The fraction of sp³-hybridized carbons (Fsp3) is 0.190. The number of nitrogens with one attached hydrogen (secondary N) is 1. The molecule has 0 bridgehead atoms. The molecule has 3 aromatic rings. The summed E-state index contributed by atoms with van der Waals surface area (Å²) in [5.41, 5.74) is 2.41. The van der Waals surface area contributed by atoms with Crippen molar-refractivity contribution in [3.05, 3.63) is 60.3 Å². The zero-order valence-corrected chi connectivity index (χ0v) is 15.7. The number of carbonyl (C=O) groups is 1. The number of rotatable bonds is 7. The van der Waals surface area contributed by atoms with Gasteiger partial charge in [0.25, 0.3) is 5.91 Å². The van der Waals surface area contributed by atoms with Gasteiger partial charge in [0.1, 0.15) is 17.2 Å². The van der Waals surface area contributed by atoms with Crippen LogP contribution in [0.3, 0.4) is 0 Å². The average Bonchev–Trinajstić information content (AvgIpc) is 3.17. The summed E-state index contributed by atoms with van der Waals surface area (Å²) >= 11 is 0. The van der Waals surface area contributed by atoms with E-state index < -0.39 is 0 Å². The summed E-state index contributed by atoms with van der Waals surface area (Å²) in [4.78, 5) is 12.9. The van der Waals surface area contributed by atoms with Gasteiger partial charge in [-0.1, -0.05) is 0 Å². The summed E-state index contributed by atoms with van der Waals surface area (Å²) in [6, 6.07) is 16.5. The first-order chi connectivity index (χ1) is 13.6. The predicted molar refractivity (Wildman–Crippen MR) is 105 cm³/mol. The topological polar surface area (TPSA) is 89.2 Å². The molecule has 0 aliphatic heterocycles. The van der Waals surface area contributed by atoms with Crippen LogP contribution >= 0.6 is 0 Å². The van der Waals surface area contributed by atoms with Crippen molar-refractivity contribution in [3.63, 3.8) is 0 Å². The van der Waals surface area contributed by atoms with Crippen molar-refractivity contribution >= 4 is 11.6 Å². The average molecular weight is 376 g/mol. The van der Waals surface area contributed by atoms with Gasteiger partial charge in [-0.25, -0.2) is 0 Å². The predicted octanol–water partition coefficient (Wildman–Crippen LogP) is 3.73. The Morgan fingerprint density at radius 1 is 1.07 bits per heavy atom. The third-order valence-corrected chi connectivity index (χ3v) is 4.17. The summed E-state index contributed by atoms with van der Waals surface area (Å²) in [7, 11) is 3.18. The highest BCUT2D eigenvalue weighted by Gasteiger charge is 2.18. The van der Waals surface area contributed by atoms with Gasteiger partial charge in [-0.15, -0.1) is 0 Å². The van der Waals surface area contributed by atoms with Gasteiger partial charge in [-0.2, -0.15) is 10.4 Å². The van der Waals surface area contributed by atoms with E-state index in [4.69, 9.17) is 14.7 Å². The van der Waals surface area contributed by atoms with Crippen molar-refractivity contribution in [1.82, 2.24) is 9.78 Å². The Kier molecular flexibility index (Phi) is 5.92. The van der Waals surface area contributed by atoms with Gasteiger partial charge < -0.3 is 14.8 Å². The Morgan fingerprint density at radius 3 is 2.25 bits per heavy atom. The minimum Gasteiger partial charge on any atom is -0.497 e. The Morgan fingerprint density at radius 2 is 1.68 bits per heavy atom. The standard InChI is InChI=1S/C21H20N4O3/c1-27-17-8-4-15(5-9-17)20-19(14-25(24-20)13-3-12-22)21(26)23-16-6-10-18(28-2)11-7-16/h4-11,14H,3,13H2,1-2H3,(H,23,26). The van der Waals surface area contributed by atoms with E-state index in [0.717, 1.165) is 11.3 Å². The molecule has 1 amide bonds. The van der Waals surface area contributed by atoms with E-state index in [1.807, 2.05) is 24.3 Å². The zero-order valence-electron chi connectivity index (χ0n) is 15.7. The number of hydrogen-bond acceptors (Lipinski definition) is 5. The van der Waals surface area contributed by atoms with E-state index in [1.165, 1.54) is 0 Å². The van der Waals surface area contributed by atoms with Crippen LogP contribution in [0.2, 0.25) is 0 Å². The van der Waals surface area contributed by atoms with E-state index in [0.29, 0.717) is 35.7 Å². The highest BCUT2D eigenvalue weighted by molar-refractivity contribution is 6.08. The summed E-state index contributed by atoms with van der Waals surface area (Å²) < 4.78 is 11.9. The van der Waals surface area contributed by atoms with Crippen LogP contribution in [-0.4, -0.2) is 29.9 Å². The fourth-order valence-electron chi connectivity index (χ4n) is 2.70. The number of aromatic nitrogens is 2. The molecule has 3 rings (SSSR count). The molecule has 0 unspecified atom stereocenters. The van der Waals surface area contributed by atoms with Crippen LogP contribution in [0.15, 0.2) is 54.7 Å². The second-order valence-corrected chi connectivity index (χ2v) is 5.97. The maximum absolute atomic E-state index is 12.9. The van der Waals surface area contributed by atoms with Crippen molar-refractivity contribution in [2.24, 2.45) is 0 Å². The highest BCUT2D eigenvalue weighted by atomic mass is 16.5. The first kappa shape index (κ1) is 19.0. The van der Waals surface area contributed by atoms with E-state index in [2.05, 4.69) is 16.5 Å². The second kappa shape index (κ2) is 8.73. The molecule has 1 aromatic heterocycles. The van der Waals surface area contributed by atoms with Gasteiger partial charge in [-0.3, -0.25) is 9.48 Å². The lowest BCUT2D eigenvalue weighted by molar-refractivity contribution is 0.102. The first-order valence-electron chi connectivity index (χ1n) is 8.69. The smallest absolute Gasteiger partial charge is 0.259 e. The molecule has 1 heterocycles. The SMILES string of the molecule is COc1ccc(NC(=O)c2cn(CCC#N)nc2-c2ccc(OC)cc2)cc1. The molecular weight excluding hydrogens is 356 g/mol. The van der Waals surface area contributed by atoms with Gasteiger partial charge in [0.05, 0.1) is 38.8 Å². The maximum Gasteiger partial charge on any atom is 0.259 e. The van der Waals surface area contributed by atoms with Gasteiger partial charge in [0.15, 0.2) is 0 Å². The van der Waals surface area contributed by atoms with Crippen LogP contribution in [0.1, 0.15) is 16.8 Å². The normalized spacial score (nSPS) is 10.2. The molecular formula is C21H20N4O3. The molecule has 0 atom stereocenters. The monoisotopic (exact) mass is 376 g/mol. The number of aryl methyl sites for hydroxylation is 1. The Bertz CT molecular complexity index is 986. The molecule has 0 aliphatic carbocycles. The number of nitriles is 1. The van der Waals surface area contributed by atoms with Crippen molar-refractivity contribution in [3.8, 4) is 28.8 Å². The van der Waals surface area contributed by atoms with Crippen LogP contribution in [0, 0.1) is 11.3 Å². The van der Waals surface area contributed by atoms with Gasteiger partial charge >= 0.3 is 0 Å². The zero-order chi connectivity index (χ0) is 19.9. The van der Waals surface area contributed by atoms with Crippen LogP contribution in [0.4, 0.5) is 5.69 Å². The van der Waals surface area contributed by atoms with E-state index in [1.54, 1.807) is 49.4 Å². The fourth-order valence-corrected chi connectivity index (χ4v) is 2.70. The Balaban J connectivity index is 1.91. The van der Waals surface area contributed by atoms with E-state index >= 15 is 0 Å². The number of amides is 1. The highest BCUT2D eigenvalue weighted by Crippen LogP contribution is 2.26. The van der Waals surface area contributed by atoms with Crippen LogP contribution in [-0.2, 0) is 6.54 Å². The summed E-state index contributed by atoms with van der Waals surface area (Å²) in [6.45, 7) is 0.412. The van der Waals surface area contributed by atoms with Gasteiger partial charge in [-0.05, 0) is 48.5 Å². The lowest BCUT2D eigenvalue weighted by Crippen LogP contribution is -2.12. The lowest BCUT2D eigenvalue weighted by atomic mass is 10.1. The number of methoxy groups -OCH3 is 2. The quantitative estimate of drug-likeness (QED) is 0.679. The molecule has 7 heteroatoms. The Hall–Kier alpha value is -3.79. The summed E-state index contributed by atoms with van der Waals surface area (Å²) in [5.74, 6) is 1.15. The molecule has 0 spiro atoms. The molecule has 0 fully saturated rings. The molecule has 7 nitrogen and oxygen atoms in total. The van der Waals surface area contributed by atoms with Crippen molar-refractivity contribution in [2.45, 2.75) is 13.0 Å². The molecule has 1 N–H and O–H groups in total. The number of anilines is 1. The van der Waals surface area contributed by atoms with Crippen molar-refractivity contribution < 1.29 is 14.3 Å². The minimum absolute atomic E-state index is 0.279. The molecule has 2 aromatic carbocycles. The van der Waals surface area contributed by atoms with Crippen LogP contribution in [0.5, 0.6) is 11.5 Å². The number of ether oxygens (including phenoxy) is 2. The molecule has 0 saturated heterocycles. The molecule has 142 valence electrons. The maximum atomic E-state index is 12.9. The third kappa shape index (κ3) is 4.30. The molecule has 0 radical (unpaired) electrons. The second-order valence-electron chi connectivity index (χ2n) is 5.97. The third-order valence-electron chi connectivity index (χ3n) is 4.17. The van der Waals surface area contributed by atoms with E-state index in [9.17, 15) is 4.79 Å².